The first kappa shape index (κ1) is 15.7. The van der Waals surface area contributed by atoms with Gasteiger partial charge in [-0.1, -0.05) is 13.3 Å². The van der Waals surface area contributed by atoms with Gasteiger partial charge in [0.05, 0.1) is 8.66 Å². The second-order valence-electron chi connectivity index (χ2n) is 4.07. The van der Waals surface area contributed by atoms with Crippen molar-refractivity contribution in [2.45, 2.75) is 32.2 Å². The number of carbonyl (C=O) groups excluding carboxylic acids is 1. The van der Waals surface area contributed by atoms with Crippen LogP contribution < -0.4 is 5.32 Å². The molecule has 0 aromatic carbocycles. The van der Waals surface area contributed by atoms with Crippen molar-refractivity contribution in [3.05, 3.63) is 19.2 Å². The second-order valence-corrected chi connectivity index (χ2v) is 7.30. The first-order valence-corrected chi connectivity index (χ1v) is 7.71. The Bertz CT molecular complexity index is 455. The first-order chi connectivity index (χ1) is 8.30. The maximum Gasteiger partial charge on any atom is 0.329 e. The van der Waals surface area contributed by atoms with Crippen molar-refractivity contribution in [1.82, 2.24) is 5.32 Å². The zero-order valence-corrected chi connectivity index (χ0v) is 13.9. The van der Waals surface area contributed by atoms with Gasteiger partial charge < -0.3 is 10.4 Å². The fourth-order valence-corrected chi connectivity index (χ4v) is 3.42. The standard InChI is InChI=1S/C11H13Br2NO3S/c1-3-4-11(2,10(16)17)14-9(15)7-5-6(12)8(13)18-7/h5H,3-4H2,1-2H3,(H,14,15)(H,16,17). The SMILES string of the molecule is CCCC(C)(NC(=O)c1cc(Br)c(Br)s1)C(=O)O. The van der Waals surface area contributed by atoms with E-state index in [2.05, 4.69) is 37.2 Å². The van der Waals surface area contributed by atoms with Crippen molar-refractivity contribution < 1.29 is 14.7 Å². The van der Waals surface area contributed by atoms with E-state index in [1.165, 1.54) is 18.3 Å². The predicted octanol–water partition coefficient (Wildman–Crippen LogP) is 3.65. The number of thiophene rings is 1. The lowest BCUT2D eigenvalue weighted by Gasteiger charge is -2.25. The highest BCUT2D eigenvalue weighted by molar-refractivity contribution is 9.13. The molecule has 0 fully saturated rings. The van der Waals surface area contributed by atoms with E-state index >= 15 is 0 Å². The molecule has 1 atom stereocenters. The summed E-state index contributed by atoms with van der Waals surface area (Å²) in [7, 11) is 0. The summed E-state index contributed by atoms with van der Waals surface area (Å²) < 4.78 is 1.59. The van der Waals surface area contributed by atoms with E-state index in [0.717, 1.165) is 8.26 Å². The molecular formula is C11H13Br2NO3S. The summed E-state index contributed by atoms with van der Waals surface area (Å²) >= 11 is 7.85. The van der Waals surface area contributed by atoms with Crippen LogP contribution in [0.15, 0.2) is 14.3 Å². The van der Waals surface area contributed by atoms with Gasteiger partial charge in [-0.3, -0.25) is 4.79 Å². The minimum Gasteiger partial charge on any atom is -0.480 e. The van der Waals surface area contributed by atoms with Gasteiger partial charge in [0.25, 0.3) is 5.91 Å². The fourth-order valence-electron chi connectivity index (χ4n) is 1.49. The zero-order chi connectivity index (χ0) is 13.9. The monoisotopic (exact) mass is 397 g/mol. The van der Waals surface area contributed by atoms with Crippen LogP contribution >= 0.6 is 43.2 Å². The number of halogens is 2. The van der Waals surface area contributed by atoms with Crippen molar-refractivity contribution in [3.8, 4) is 0 Å². The van der Waals surface area contributed by atoms with Crippen LogP contribution in [-0.2, 0) is 4.79 Å². The van der Waals surface area contributed by atoms with Crippen LogP contribution in [-0.4, -0.2) is 22.5 Å². The lowest BCUT2D eigenvalue weighted by atomic mass is 9.96. The minimum absolute atomic E-state index is 0.371. The number of hydrogen-bond donors (Lipinski definition) is 2. The average Bonchev–Trinajstić information content (AvgIpc) is 2.59. The molecule has 1 unspecified atom stereocenters. The number of nitrogens with one attached hydrogen (secondary N) is 1. The van der Waals surface area contributed by atoms with Crippen LogP contribution in [0.2, 0.25) is 0 Å². The molecule has 0 spiro atoms. The highest BCUT2D eigenvalue weighted by Crippen LogP contribution is 2.32. The summed E-state index contributed by atoms with van der Waals surface area (Å²) in [4.78, 5) is 23.7. The van der Waals surface area contributed by atoms with Gasteiger partial charge in [0.1, 0.15) is 5.54 Å². The molecule has 0 bridgehead atoms. The highest BCUT2D eigenvalue weighted by atomic mass is 79.9. The number of amides is 1. The zero-order valence-electron chi connectivity index (χ0n) is 9.92. The Morgan fingerprint density at radius 1 is 1.50 bits per heavy atom. The molecule has 4 nitrogen and oxygen atoms in total. The highest BCUT2D eigenvalue weighted by Gasteiger charge is 2.34. The molecule has 1 aromatic heterocycles. The Morgan fingerprint density at radius 2 is 2.11 bits per heavy atom. The number of rotatable bonds is 5. The van der Waals surface area contributed by atoms with E-state index in [1.807, 2.05) is 6.92 Å². The van der Waals surface area contributed by atoms with E-state index in [1.54, 1.807) is 6.07 Å². The third-order valence-electron chi connectivity index (χ3n) is 2.48. The predicted molar refractivity (Wildman–Crippen MR) is 78.1 cm³/mol. The third-order valence-corrected chi connectivity index (χ3v) is 5.74. The van der Waals surface area contributed by atoms with Gasteiger partial charge in [0.15, 0.2) is 0 Å². The molecule has 2 N–H and O–H groups in total. The summed E-state index contributed by atoms with van der Waals surface area (Å²) in [5, 5.41) is 11.8. The lowest BCUT2D eigenvalue weighted by molar-refractivity contribution is -0.144. The lowest BCUT2D eigenvalue weighted by Crippen LogP contribution is -2.51. The van der Waals surface area contributed by atoms with E-state index < -0.39 is 11.5 Å². The molecule has 0 aliphatic rings. The molecular weight excluding hydrogens is 386 g/mol. The van der Waals surface area contributed by atoms with E-state index in [4.69, 9.17) is 0 Å². The van der Waals surface area contributed by atoms with E-state index in [9.17, 15) is 14.7 Å². The van der Waals surface area contributed by atoms with Crippen molar-refractivity contribution in [1.29, 1.82) is 0 Å². The van der Waals surface area contributed by atoms with Gasteiger partial charge in [-0.25, -0.2) is 4.79 Å². The Kier molecular flexibility index (Phi) is 5.36. The minimum atomic E-state index is -1.23. The summed E-state index contributed by atoms with van der Waals surface area (Å²) in [5.41, 5.74) is -1.23. The van der Waals surface area contributed by atoms with E-state index in [0.29, 0.717) is 17.7 Å². The molecule has 0 aliphatic heterocycles. The maximum atomic E-state index is 12.0. The van der Waals surface area contributed by atoms with Crippen LogP contribution in [0.5, 0.6) is 0 Å². The van der Waals surface area contributed by atoms with Gasteiger partial charge in [0.2, 0.25) is 0 Å². The van der Waals surface area contributed by atoms with Gasteiger partial charge in [0, 0.05) is 4.47 Å². The van der Waals surface area contributed by atoms with Crippen molar-refractivity contribution in [2.75, 3.05) is 0 Å². The molecule has 0 aliphatic carbocycles. The average molecular weight is 399 g/mol. The Morgan fingerprint density at radius 3 is 2.50 bits per heavy atom. The number of aliphatic carboxylic acids is 1. The maximum absolute atomic E-state index is 12.0. The molecule has 7 heteroatoms. The topological polar surface area (TPSA) is 66.4 Å². The quantitative estimate of drug-likeness (QED) is 0.795. The first-order valence-electron chi connectivity index (χ1n) is 5.31. The van der Waals surface area contributed by atoms with Gasteiger partial charge >= 0.3 is 5.97 Å². The van der Waals surface area contributed by atoms with E-state index in [-0.39, 0.29) is 5.91 Å². The summed E-state index contributed by atoms with van der Waals surface area (Å²) in [5.74, 6) is -1.39. The summed E-state index contributed by atoms with van der Waals surface area (Å²) in [6.45, 7) is 3.40. The number of hydrogen-bond acceptors (Lipinski definition) is 3. The molecule has 100 valence electrons. The molecule has 18 heavy (non-hydrogen) atoms. The largest absolute Gasteiger partial charge is 0.480 e. The number of carboxylic acid groups (broad SMARTS) is 1. The summed E-state index contributed by atoms with van der Waals surface area (Å²) in [6.07, 6.45) is 1.07. The van der Waals surface area contributed by atoms with Crippen molar-refractivity contribution in [2.24, 2.45) is 0 Å². The van der Waals surface area contributed by atoms with Crippen LogP contribution in [0.25, 0.3) is 0 Å². The Balaban J connectivity index is 2.88. The van der Waals surface area contributed by atoms with Crippen LogP contribution in [0.1, 0.15) is 36.4 Å². The Hall–Kier alpha value is -0.400. The van der Waals surface area contributed by atoms with Crippen molar-refractivity contribution >= 4 is 55.1 Å². The van der Waals surface area contributed by atoms with Crippen LogP contribution in [0.4, 0.5) is 0 Å². The van der Waals surface area contributed by atoms with Gasteiger partial charge in [-0.15, -0.1) is 11.3 Å². The second kappa shape index (κ2) is 6.16. The third kappa shape index (κ3) is 3.55. The molecule has 0 saturated carbocycles. The van der Waals surface area contributed by atoms with Crippen molar-refractivity contribution in [3.63, 3.8) is 0 Å². The van der Waals surface area contributed by atoms with Gasteiger partial charge in [-0.05, 0) is 51.3 Å². The normalized spacial score (nSPS) is 14.0. The molecule has 1 aromatic rings. The molecule has 1 heterocycles. The number of carbonyl (C=O) groups is 2. The molecule has 1 amide bonds. The van der Waals surface area contributed by atoms with Crippen LogP contribution in [0.3, 0.4) is 0 Å². The molecule has 0 radical (unpaired) electrons. The summed E-state index contributed by atoms with van der Waals surface area (Å²) in [6, 6.07) is 1.66. The molecule has 0 saturated heterocycles. The van der Waals surface area contributed by atoms with Gasteiger partial charge in [-0.2, -0.15) is 0 Å². The van der Waals surface area contributed by atoms with Crippen LogP contribution in [0, 0.1) is 0 Å². The Labute approximate surface area is 126 Å². The number of carboxylic acids is 1. The smallest absolute Gasteiger partial charge is 0.329 e. The molecule has 1 rings (SSSR count). The fraction of sp³-hybridized carbons (Fsp3) is 0.455.